The minimum atomic E-state index is 1.35. The van der Waals surface area contributed by atoms with Crippen LogP contribution in [0.25, 0.3) is 32.3 Å². The van der Waals surface area contributed by atoms with E-state index in [0.29, 0.717) is 0 Å². The monoisotopic (exact) mass is 256 g/mol. The minimum absolute atomic E-state index is 1.35. The molecule has 0 saturated carbocycles. The lowest BCUT2D eigenvalue weighted by Crippen LogP contribution is -1.86. The zero-order valence-electron chi connectivity index (χ0n) is 11.8. The van der Waals surface area contributed by atoms with E-state index in [-0.39, 0.29) is 0 Å². The SMILES string of the molecule is Cc1cc2c3ccccc3c(C)cc2c2ccccc12. The van der Waals surface area contributed by atoms with Crippen LogP contribution in [0.15, 0.2) is 60.7 Å². The van der Waals surface area contributed by atoms with Gasteiger partial charge in [-0.1, -0.05) is 60.7 Å². The molecule has 0 heterocycles. The summed E-state index contributed by atoms with van der Waals surface area (Å²) in [6, 6.07) is 22.1. The normalized spacial score (nSPS) is 11.5. The van der Waals surface area contributed by atoms with Gasteiger partial charge in [0.15, 0.2) is 0 Å². The summed E-state index contributed by atoms with van der Waals surface area (Å²) in [4.78, 5) is 0. The summed E-state index contributed by atoms with van der Waals surface area (Å²) in [6.45, 7) is 4.41. The fraction of sp³-hybridized carbons (Fsp3) is 0.100. The number of aryl methyl sites for hydroxylation is 2. The fourth-order valence-electron chi connectivity index (χ4n) is 3.31. The molecule has 4 aromatic rings. The van der Waals surface area contributed by atoms with Crippen LogP contribution in [-0.2, 0) is 0 Å². The Labute approximate surface area is 118 Å². The van der Waals surface area contributed by atoms with E-state index in [2.05, 4.69) is 74.5 Å². The lowest BCUT2D eigenvalue weighted by Gasteiger charge is -2.12. The van der Waals surface area contributed by atoms with Gasteiger partial charge in [-0.05, 0) is 57.3 Å². The largest absolute Gasteiger partial charge is 0.0616 e. The molecule has 0 aromatic heterocycles. The Bertz CT molecular complexity index is 881. The molecule has 0 saturated heterocycles. The molecule has 0 aliphatic heterocycles. The van der Waals surface area contributed by atoms with Gasteiger partial charge in [-0.3, -0.25) is 0 Å². The Kier molecular flexibility index (Phi) is 2.34. The molecular weight excluding hydrogens is 240 g/mol. The van der Waals surface area contributed by atoms with Crippen LogP contribution in [0.4, 0.5) is 0 Å². The van der Waals surface area contributed by atoms with Crippen LogP contribution in [0.3, 0.4) is 0 Å². The van der Waals surface area contributed by atoms with Crippen molar-refractivity contribution in [2.24, 2.45) is 0 Å². The average Bonchev–Trinajstić information content (AvgIpc) is 2.49. The molecule has 0 unspecified atom stereocenters. The molecule has 0 bridgehead atoms. The van der Waals surface area contributed by atoms with E-state index in [9.17, 15) is 0 Å². The molecule has 0 spiro atoms. The Balaban J connectivity index is 2.36. The van der Waals surface area contributed by atoms with Crippen molar-refractivity contribution >= 4 is 32.3 Å². The van der Waals surface area contributed by atoms with Gasteiger partial charge in [-0.2, -0.15) is 0 Å². The third-order valence-electron chi connectivity index (χ3n) is 4.30. The Morgan fingerprint density at radius 1 is 0.450 bits per heavy atom. The molecule has 0 fully saturated rings. The molecule has 0 N–H and O–H groups in total. The van der Waals surface area contributed by atoms with Crippen molar-refractivity contribution in [2.75, 3.05) is 0 Å². The van der Waals surface area contributed by atoms with Crippen LogP contribution in [0.5, 0.6) is 0 Å². The van der Waals surface area contributed by atoms with Crippen molar-refractivity contribution in [1.82, 2.24) is 0 Å². The highest BCUT2D eigenvalue weighted by Crippen LogP contribution is 2.34. The minimum Gasteiger partial charge on any atom is -0.0616 e. The van der Waals surface area contributed by atoms with Crippen molar-refractivity contribution in [3.63, 3.8) is 0 Å². The predicted octanol–water partition coefficient (Wildman–Crippen LogP) is 5.76. The van der Waals surface area contributed by atoms with Gasteiger partial charge in [0.2, 0.25) is 0 Å². The summed E-state index contributed by atoms with van der Waals surface area (Å²) in [5.74, 6) is 0. The van der Waals surface area contributed by atoms with Crippen LogP contribution in [0.1, 0.15) is 11.1 Å². The molecular formula is C20H16. The van der Waals surface area contributed by atoms with E-state index in [1.807, 2.05) is 0 Å². The molecule has 0 nitrogen and oxygen atoms in total. The number of benzene rings is 4. The van der Waals surface area contributed by atoms with Gasteiger partial charge in [0.05, 0.1) is 0 Å². The number of hydrogen-bond acceptors (Lipinski definition) is 0. The zero-order valence-corrected chi connectivity index (χ0v) is 11.8. The second kappa shape index (κ2) is 4.08. The van der Waals surface area contributed by atoms with E-state index >= 15 is 0 Å². The van der Waals surface area contributed by atoms with E-state index in [1.54, 1.807) is 0 Å². The highest BCUT2D eigenvalue weighted by atomic mass is 14.1. The maximum Gasteiger partial charge on any atom is -0.00961 e. The average molecular weight is 256 g/mol. The third kappa shape index (κ3) is 1.48. The number of hydrogen-bond donors (Lipinski definition) is 0. The van der Waals surface area contributed by atoms with Gasteiger partial charge < -0.3 is 0 Å². The van der Waals surface area contributed by atoms with Gasteiger partial charge in [0.25, 0.3) is 0 Å². The maximum absolute atomic E-state index is 2.33. The lowest BCUT2D eigenvalue weighted by atomic mass is 9.92. The highest BCUT2D eigenvalue weighted by Gasteiger charge is 2.08. The summed E-state index contributed by atoms with van der Waals surface area (Å²) >= 11 is 0. The predicted molar refractivity (Wildman–Crippen MR) is 88.4 cm³/mol. The van der Waals surface area contributed by atoms with Crippen molar-refractivity contribution in [3.05, 3.63) is 71.8 Å². The van der Waals surface area contributed by atoms with Gasteiger partial charge >= 0.3 is 0 Å². The summed E-state index contributed by atoms with van der Waals surface area (Å²) in [6.07, 6.45) is 0. The van der Waals surface area contributed by atoms with Crippen molar-refractivity contribution in [1.29, 1.82) is 0 Å². The Morgan fingerprint density at radius 2 is 0.800 bits per heavy atom. The van der Waals surface area contributed by atoms with E-state index in [1.165, 1.54) is 43.4 Å². The summed E-state index contributed by atoms with van der Waals surface area (Å²) in [5, 5.41) is 8.15. The first-order valence-electron chi connectivity index (χ1n) is 7.06. The van der Waals surface area contributed by atoms with Gasteiger partial charge in [0.1, 0.15) is 0 Å². The summed E-state index contributed by atoms with van der Waals surface area (Å²) in [7, 11) is 0. The van der Waals surface area contributed by atoms with Gasteiger partial charge in [-0.15, -0.1) is 0 Å². The molecule has 0 aliphatic carbocycles. The first kappa shape index (κ1) is 11.5. The Hall–Kier alpha value is -2.34. The third-order valence-corrected chi connectivity index (χ3v) is 4.30. The molecule has 0 radical (unpaired) electrons. The van der Waals surface area contributed by atoms with Crippen molar-refractivity contribution in [2.45, 2.75) is 13.8 Å². The van der Waals surface area contributed by atoms with Crippen LogP contribution in [0.2, 0.25) is 0 Å². The molecule has 20 heavy (non-hydrogen) atoms. The quantitative estimate of drug-likeness (QED) is 0.351. The zero-order chi connectivity index (χ0) is 13.7. The second-order valence-corrected chi connectivity index (χ2v) is 5.57. The van der Waals surface area contributed by atoms with E-state index < -0.39 is 0 Å². The number of rotatable bonds is 0. The first-order valence-corrected chi connectivity index (χ1v) is 7.06. The van der Waals surface area contributed by atoms with Crippen LogP contribution in [-0.4, -0.2) is 0 Å². The van der Waals surface area contributed by atoms with E-state index in [4.69, 9.17) is 0 Å². The standard InChI is InChI=1S/C20H16/c1-13-11-19-18-10-6-4-8-16(18)14(2)12-20(19)17-9-5-3-7-15(13)17/h3-12H,1-2H3. The summed E-state index contributed by atoms with van der Waals surface area (Å²) < 4.78 is 0. The topological polar surface area (TPSA) is 0 Å². The lowest BCUT2D eigenvalue weighted by molar-refractivity contribution is 1.53. The smallest absolute Gasteiger partial charge is 0.00961 e. The van der Waals surface area contributed by atoms with Gasteiger partial charge in [-0.25, -0.2) is 0 Å². The van der Waals surface area contributed by atoms with Crippen LogP contribution < -0.4 is 0 Å². The molecule has 0 amide bonds. The van der Waals surface area contributed by atoms with Crippen molar-refractivity contribution in [3.8, 4) is 0 Å². The Morgan fingerprint density at radius 3 is 1.20 bits per heavy atom. The highest BCUT2D eigenvalue weighted by molar-refractivity contribution is 6.18. The van der Waals surface area contributed by atoms with Gasteiger partial charge in [0, 0.05) is 0 Å². The molecule has 4 rings (SSSR count). The van der Waals surface area contributed by atoms with Crippen LogP contribution in [0, 0.1) is 13.8 Å². The molecule has 4 aromatic carbocycles. The molecule has 0 atom stereocenters. The molecule has 0 aliphatic rings. The number of fused-ring (bicyclic) bond motifs is 5. The fourth-order valence-corrected chi connectivity index (χ4v) is 3.31. The maximum atomic E-state index is 2.33. The van der Waals surface area contributed by atoms with Crippen molar-refractivity contribution < 1.29 is 0 Å². The summed E-state index contributed by atoms with van der Waals surface area (Å²) in [5.41, 5.74) is 2.70. The molecule has 96 valence electrons. The van der Waals surface area contributed by atoms with Crippen LogP contribution >= 0.6 is 0 Å². The van der Waals surface area contributed by atoms with E-state index in [0.717, 1.165) is 0 Å². The second-order valence-electron chi connectivity index (χ2n) is 5.57. The molecule has 0 heteroatoms. The first-order chi connectivity index (χ1) is 9.75.